The lowest BCUT2D eigenvalue weighted by atomic mass is 9.90. The third kappa shape index (κ3) is 4.68. The zero-order valence-electron chi connectivity index (χ0n) is 14.8. The average molecular weight is 391 g/mol. The number of allylic oxidation sites excluding steroid dienone is 2. The van der Waals surface area contributed by atoms with Crippen molar-refractivity contribution >= 4 is 34.6 Å². The second kappa shape index (κ2) is 8.56. The number of carbonyl (C=O) groups is 2. The highest BCUT2D eigenvalue weighted by molar-refractivity contribution is 6.31. The molecule has 1 aliphatic carbocycles. The largest absolute Gasteiger partial charge is 0.480 e. The second-order valence-electron chi connectivity index (χ2n) is 6.64. The summed E-state index contributed by atoms with van der Waals surface area (Å²) in [6.07, 6.45) is 3.12. The number of halogens is 1. The lowest BCUT2D eigenvalue weighted by Crippen LogP contribution is -2.52. The number of nitrogens with one attached hydrogen (secondary N) is 3. The SMILES string of the molecule is Nc1ccc(Cl)cc1C1=CC(=O)CC2=C1NCC2.O=C(O)C1CNCCN1. The normalized spacial score (nSPS) is 21.6. The molecule has 27 heavy (non-hydrogen) atoms. The van der Waals surface area contributed by atoms with Crippen LogP contribution in [0.4, 0.5) is 5.69 Å². The summed E-state index contributed by atoms with van der Waals surface area (Å²) in [7, 11) is 0. The molecule has 0 aromatic heterocycles. The lowest BCUT2D eigenvalue weighted by molar-refractivity contribution is -0.139. The minimum atomic E-state index is -0.776. The summed E-state index contributed by atoms with van der Waals surface area (Å²) in [5.74, 6) is -0.644. The Hall–Kier alpha value is -2.35. The molecule has 1 aromatic carbocycles. The Morgan fingerprint density at radius 2 is 2.07 bits per heavy atom. The van der Waals surface area contributed by atoms with E-state index in [4.69, 9.17) is 22.4 Å². The summed E-state index contributed by atoms with van der Waals surface area (Å²) in [6.45, 7) is 3.03. The number of carboxylic acids is 1. The van der Waals surface area contributed by atoms with Crippen molar-refractivity contribution in [2.75, 3.05) is 31.9 Å². The summed E-state index contributed by atoms with van der Waals surface area (Å²) in [4.78, 5) is 22.0. The van der Waals surface area contributed by atoms with Gasteiger partial charge in [-0.1, -0.05) is 11.6 Å². The van der Waals surface area contributed by atoms with Crippen LogP contribution in [-0.4, -0.2) is 49.1 Å². The first kappa shape index (κ1) is 19.4. The summed E-state index contributed by atoms with van der Waals surface area (Å²) >= 11 is 6.01. The molecule has 2 aliphatic heterocycles. The standard InChI is InChI=1S/C14H13ClN2O.C5H10N2O2/c15-9-1-2-13(16)11(6-9)12-7-10(18)5-8-3-4-17-14(8)12;8-5(9)4-3-6-1-2-7-4/h1-2,6-7,17H,3-5,16H2;4,6-7H,1-3H2,(H,8,9). The number of anilines is 1. The molecule has 1 saturated heterocycles. The molecule has 8 heteroatoms. The zero-order chi connectivity index (χ0) is 19.4. The number of carboxylic acid groups (broad SMARTS) is 1. The number of piperazine rings is 1. The molecule has 2 heterocycles. The fraction of sp³-hybridized carbons (Fsp3) is 0.368. The van der Waals surface area contributed by atoms with Gasteiger partial charge in [-0.25, -0.2) is 0 Å². The van der Waals surface area contributed by atoms with Crippen molar-refractivity contribution in [1.82, 2.24) is 16.0 Å². The monoisotopic (exact) mass is 390 g/mol. The van der Waals surface area contributed by atoms with Crippen LogP contribution in [0.2, 0.25) is 5.02 Å². The van der Waals surface area contributed by atoms with E-state index >= 15 is 0 Å². The molecule has 1 unspecified atom stereocenters. The lowest BCUT2D eigenvalue weighted by Gasteiger charge is -2.20. The van der Waals surface area contributed by atoms with Crippen molar-refractivity contribution in [3.8, 4) is 0 Å². The maximum Gasteiger partial charge on any atom is 0.322 e. The topological polar surface area (TPSA) is 116 Å². The van der Waals surface area contributed by atoms with Crippen LogP contribution in [0.15, 0.2) is 35.5 Å². The summed E-state index contributed by atoms with van der Waals surface area (Å²) in [6, 6.07) is 4.94. The van der Waals surface area contributed by atoms with Crippen LogP contribution in [-0.2, 0) is 9.59 Å². The van der Waals surface area contributed by atoms with Crippen LogP contribution in [0.5, 0.6) is 0 Å². The van der Waals surface area contributed by atoms with Crippen molar-refractivity contribution in [2.24, 2.45) is 0 Å². The minimum absolute atomic E-state index is 0.131. The van der Waals surface area contributed by atoms with Gasteiger partial charge in [-0.2, -0.15) is 0 Å². The van der Waals surface area contributed by atoms with Gasteiger partial charge >= 0.3 is 5.97 Å². The molecule has 0 spiro atoms. The van der Waals surface area contributed by atoms with Gasteiger partial charge in [-0.3, -0.25) is 9.59 Å². The molecule has 4 rings (SSSR count). The van der Waals surface area contributed by atoms with Crippen molar-refractivity contribution in [3.05, 3.63) is 46.1 Å². The molecule has 1 fully saturated rings. The number of hydrogen-bond acceptors (Lipinski definition) is 6. The van der Waals surface area contributed by atoms with E-state index in [9.17, 15) is 9.59 Å². The van der Waals surface area contributed by atoms with E-state index in [2.05, 4.69) is 16.0 Å². The van der Waals surface area contributed by atoms with Crippen LogP contribution in [0.1, 0.15) is 18.4 Å². The quantitative estimate of drug-likeness (QED) is 0.481. The fourth-order valence-electron chi connectivity index (χ4n) is 3.35. The Balaban J connectivity index is 0.000000197. The predicted molar refractivity (Wildman–Crippen MR) is 105 cm³/mol. The van der Waals surface area contributed by atoms with Crippen molar-refractivity contribution in [2.45, 2.75) is 18.9 Å². The van der Waals surface area contributed by atoms with Gasteiger partial charge in [0.15, 0.2) is 5.78 Å². The highest BCUT2D eigenvalue weighted by Gasteiger charge is 2.26. The van der Waals surface area contributed by atoms with E-state index in [1.54, 1.807) is 18.2 Å². The molecule has 7 nitrogen and oxygen atoms in total. The molecule has 144 valence electrons. The Morgan fingerprint density at radius 3 is 2.74 bits per heavy atom. The number of nitrogens with two attached hydrogens (primary N) is 1. The average Bonchev–Trinajstić information content (AvgIpc) is 3.12. The first-order valence-electron chi connectivity index (χ1n) is 8.89. The molecule has 3 aliphatic rings. The van der Waals surface area contributed by atoms with Gasteiger partial charge in [0.1, 0.15) is 6.04 Å². The van der Waals surface area contributed by atoms with Gasteiger partial charge in [0.25, 0.3) is 0 Å². The molecule has 0 amide bonds. The van der Waals surface area contributed by atoms with E-state index in [1.807, 2.05) is 6.07 Å². The van der Waals surface area contributed by atoms with Gasteiger partial charge in [0.2, 0.25) is 0 Å². The number of benzene rings is 1. The first-order valence-corrected chi connectivity index (χ1v) is 9.26. The number of carbonyl (C=O) groups excluding carboxylic acids is 1. The Bertz CT molecular complexity index is 813. The summed E-state index contributed by atoms with van der Waals surface area (Å²) < 4.78 is 0. The third-order valence-corrected chi connectivity index (χ3v) is 4.92. The maximum atomic E-state index is 11.8. The molecule has 0 radical (unpaired) electrons. The van der Waals surface area contributed by atoms with Gasteiger partial charge in [0, 0.05) is 60.1 Å². The van der Waals surface area contributed by atoms with Crippen LogP contribution >= 0.6 is 11.6 Å². The molecule has 0 bridgehead atoms. The van der Waals surface area contributed by atoms with E-state index in [0.717, 1.165) is 42.9 Å². The summed E-state index contributed by atoms with van der Waals surface area (Å²) in [5.41, 5.74) is 10.6. The van der Waals surface area contributed by atoms with Crippen molar-refractivity contribution in [3.63, 3.8) is 0 Å². The number of ketones is 1. The van der Waals surface area contributed by atoms with Gasteiger partial charge in [-0.15, -0.1) is 0 Å². The predicted octanol–water partition coefficient (Wildman–Crippen LogP) is 1.16. The van der Waals surface area contributed by atoms with Gasteiger partial charge < -0.3 is 26.8 Å². The van der Waals surface area contributed by atoms with Crippen molar-refractivity contribution < 1.29 is 14.7 Å². The number of nitrogen functional groups attached to an aromatic ring is 1. The second-order valence-corrected chi connectivity index (χ2v) is 7.07. The smallest absolute Gasteiger partial charge is 0.322 e. The maximum absolute atomic E-state index is 11.8. The molecule has 1 atom stereocenters. The Morgan fingerprint density at radius 1 is 1.26 bits per heavy atom. The number of aliphatic carboxylic acids is 1. The Labute approximate surface area is 162 Å². The minimum Gasteiger partial charge on any atom is -0.480 e. The van der Waals surface area contributed by atoms with Crippen LogP contribution in [0, 0.1) is 0 Å². The molecule has 0 saturated carbocycles. The van der Waals surface area contributed by atoms with Gasteiger partial charge in [-0.05, 0) is 36.3 Å². The van der Waals surface area contributed by atoms with E-state index < -0.39 is 12.0 Å². The molecule has 6 N–H and O–H groups in total. The van der Waals surface area contributed by atoms with E-state index in [1.165, 1.54) is 5.57 Å². The molecular formula is C19H23ClN4O3. The highest BCUT2D eigenvalue weighted by atomic mass is 35.5. The van der Waals surface area contributed by atoms with Gasteiger partial charge in [0.05, 0.1) is 0 Å². The van der Waals surface area contributed by atoms with E-state index in [0.29, 0.717) is 23.7 Å². The number of hydrogen-bond donors (Lipinski definition) is 5. The first-order chi connectivity index (χ1) is 13.0. The fourth-order valence-corrected chi connectivity index (χ4v) is 3.52. The highest BCUT2D eigenvalue weighted by Crippen LogP contribution is 2.36. The van der Waals surface area contributed by atoms with Crippen molar-refractivity contribution in [1.29, 1.82) is 0 Å². The van der Waals surface area contributed by atoms with Crippen LogP contribution < -0.4 is 21.7 Å². The van der Waals surface area contributed by atoms with Crippen LogP contribution in [0.25, 0.3) is 5.57 Å². The van der Waals surface area contributed by atoms with Crippen LogP contribution in [0.3, 0.4) is 0 Å². The third-order valence-electron chi connectivity index (χ3n) is 4.69. The zero-order valence-corrected chi connectivity index (χ0v) is 15.6. The summed E-state index contributed by atoms with van der Waals surface area (Å²) in [5, 5.41) is 18.2. The number of rotatable bonds is 2. The molecule has 1 aromatic rings. The Kier molecular flexibility index (Phi) is 6.15. The molecular weight excluding hydrogens is 368 g/mol. The van der Waals surface area contributed by atoms with E-state index in [-0.39, 0.29) is 5.78 Å².